The highest BCUT2D eigenvalue weighted by Gasteiger charge is 2.32. The standard InChI is InChI=1S/C23H32O3.C8H10/c1-5-8-18(20(6-2)21(25)11-16(4)24)12-17-13-19-10-7-9-15(3)23(19)22(26)14-17;1-7-4-3-5-8(2)6-7/h7,9-10,17-18,20H,5-6,8,11-14H2,1-4H3;3-6H,1-2H3. The summed E-state index contributed by atoms with van der Waals surface area (Å²) in [6.07, 6.45) is 5.21. The van der Waals surface area contributed by atoms with Crippen molar-refractivity contribution in [1.82, 2.24) is 0 Å². The number of carbonyl (C=O) groups is 3. The summed E-state index contributed by atoms with van der Waals surface area (Å²) in [6.45, 7) is 11.9. The minimum Gasteiger partial charge on any atom is -0.300 e. The van der Waals surface area contributed by atoms with E-state index in [1.165, 1.54) is 18.1 Å². The molecule has 1 aliphatic carbocycles. The first kappa shape index (κ1) is 27.7. The van der Waals surface area contributed by atoms with Crippen LogP contribution in [0, 0.1) is 38.5 Å². The minimum atomic E-state index is -0.0622. The van der Waals surface area contributed by atoms with Gasteiger partial charge in [-0.05, 0) is 69.9 Å². The second-order valence-corrected chi connectivity index (χ2v) is 10.1. The quantitative estimate of drug-likeness (QED) is 0.364. The first-order chi connectivity index (χ1) is 16.2. The summed E-state index contributed by atoms with van der Waals surface area (Å²) in [6, 6.07) is 14.5. The fraction of sp³-hybridized carbons (Fsp3) is 0.516. The molecule has 3 nitrogen and oxygen atoms in total. The zero-order valence-electron chi connectivity index (χ0n) is 21.9. The number of ketones is 3. The Labute approximate surface area is 206 Å². The molecule has 0 amide bonds. The molecule has 3 unspecified atom stereocenters. The molecular weight excluding hydrogens is 420 g/mol. The Morgan fingerprint density at radius 1 is 0.971 bits per heavy atom. The van der Waals surface area contributed by atoms with E-state index in [1.807, 2.05) is 26.0 Å². The van der Waals surface area contributed by atoms with Gasteiger partial charge in [-0.2, -0.15) is 0 Å². The predicted molar refractivity (Wildman–Crippen MR) is 140 cm³/mol. The maximum Gasteiger partial charge on any atom is 0.163 e. The van der Waals surface area contributed by atoms with Gasteiger partial charge in [0.2, 0.25) is 0 Å². The molecule has 184 valence electrons. The Bertz CT molecular complexity index is 971. The SMILES string of the molecule is CCCC(CC1CC(=O)c2c(C)cccc2C1)C(CC)C(=O)CC(C)=O.Cc1cccc(C)c1. The molecule has 2 aromatic carbocycles. The summed E-state index contributed by atoms with van der Waals surface area (Å²) in [5.41, 5.74) is 5.81. The number of hydrogen-bond donors (Lipinski definition) is 0. The smallest absolute Gasteiger partial charge is 0.163 e. The molecule has 0 saturated carbocycles. The van der Waals surface area contributed by atoms with E-state index in [0.717, 1.165) is 48.8 Å². The number of Topliss-reactive ketones (excluding diaryl/α,β-unsaturated/α-hetero) is 3. The number of aryl methyl sites for hydroxylation is 3. The molecule has 0 N–H and O–H groups in total. The Morgan fingerprint density at radius 3 is 2.15 bits per heavy atom. The highest BCUT2D eigenvalue weighted by molar-refractivity contribution is 6.00. The van der Waals surface area contributed by atoms with E-state index in [0.29, 0.717) is 12.3 Å². The maximum absolute atomic E-state index is 12.7. The van der Waals surface area contributed by atoms with Crippen molar-refractivity contribution in [3.63, 3.8) is 0 Å². The van der Waals surface area contributed by atoms with Gasteiger partial charge in [0, 0.05) is 17.9 Å². The number of fused-ring (bicyclic) bond motifs is 1. The monoisotopic (exact) mass is 462 g/mol. The van der Waals surface area contributed by atoms with Crippen LogP contribution in [0.1, 0.15) is 91.9 Å². The first-order valence-electron chi connectivity index (χ1n) is 12.8. The number of carbonyl (C=O) groups excluding carboxylic acids is 3. The highest BCUT2D eigenvalue weighted by Crippen LogP contribution is 2.36. The van der Waals surface area contributed by atoms with E-state index >= 15 is 0 Å². The zero-order chi connectivity index (χ0) is 25.3. The fourth-order valence-electron chi connectivity index (χ4n) is 5.50. The average molecular weight is 463 g/mol. The van der Waals surface area contributed by atoms with Gasteiger partial charge in [0.1, 0.15) is 11.6 Å². The van der Waals surface area contributed by atoms with E-state index in [4.69, 9.17) is 0 Å². The molecule has 0 saturated heterocycles. The molecule has 0 aromatic heterocycles. The summed E-state index contributed by atoms with van der Waals surface area (Å²) < 4.78 is 0. The van der Waals surface area contributed by atoms with Crippen LogP contribution in [0.25, 0.3) is 0 Å². The van der Waals surface area contributed by atoms with Crippen molar-refractivity contribution in [2.24, 2.45) is 17.8 Å². The van der Waals surface area contributed by atoms with Crippen molar-refractivity contribution < 1.29 is 14.4 Å². The lowest BCUT2D eigenvalue weighted by molar-refractivity contribution is -0.129. The Kier molecular flexibility index (Phi) is 10.9. The zero-order valence-corrected chi connectivity index (χ0v) is 21.9. The molecule has 0 spiro atoms. The summed E-state index contributed by atoms with van der Waals surface area (Å²) >= 11 is 0. The predicted octanol–water partition coefficient (Wildman–Crippen LogP) is 7.42. The number of benzene rings is 2. The van der Waals surface area contributed by atoms with Crippen LogP contribution >= 0.6 is 0 Å². The second kappa shape index (κ2) is 13.4. The molecule has 2 aromatic rings. The van der Waals surface area contributed by atoms with Gasteiger partial charge < -0.3 is 0 Å². The van der Waals surface area contributed by atoms with Crippen LogP contribution in [0.2, 0.25) is 0 Å². The lowest BCUT2D eigenvalue weighted by atomic mass is 9.72. The van der Waals surface area contributed by atoms with E-state index < -0.39 is 0 Å². The molecule has 3 heteroatoms. The molecule has 0 heterocycles. The van der Waals surface area contributed by atoms with Crippen molar-refractivity contribution in [3.05, 3.63) is 70.3 Å². The maximum atomic E-state index is 12.7. The van der Waals surface area contributed by atoms with Gasteiger partial charge >= 0.3 is 0 Å². The van der Waals surface area contributed by atoms with Crippen LogP contribution in [0.3, 0.4) is 0 Å². The van der Waals surface area contributed by atoms with Crippen LogP contribution in [0.4, 0.5) is 0 Å². The van der Waals surface area contributed by atoms with Crippen molar-refractivity contribution in [3.8, 4) is 0 Å². The third-order valence-corrected chi connectivity index (χ3v) is 6.94. The van der Waals surface area contributed by atoms with E-state index in [2.05, 4.69) is 51.1 Å². The van der Waals surface area contributed by atoms with Crippen LogP contribution in [-0.2, 0) is 16.0 Å². The van der Waals surface area contributed by atoms with Gasteiger partial charge in [-0.1, -0.05) is 80.3 Å². The normalized spacial score (nSPS) is 16.6. The third-order valence-electron chi connectivity index (χ3n) is 6.94. The molecule has 34 heavy (non-hydrogen) atoms. The molecular formula is C31H42O3. The third kappa shape index (κ3) is 8.04. The van der Waals surface area contributed by atoms with Crippen LogP contribution in [0.15, 0.2) is 42.5 Å². The minimum absolute atomic E-state index is 0.0460. The van der Waals surface area contributed by atoms with Crippen LogP contribution < -0.4 is 0 Å². The number of rotatable bonds is 9. The number of hydrogen-bond acceptors (Lipinski definition) is 3. The molecule has 0 aliphatic heterocycles. The van der Waals surface area contributed by atoms with Gasteiger partial charge in [0.25, 0.3) is 0 Å². The van der Waals surface area contributed by atoms with Gasteiger partial charge in [0.05, 0.1) is 6.42 Å². The second-order valence-electron chi connectivity index (χ2n) is 10.1. The Morgan fingerprint density at radius 2 is 1.62 bits per heavy atom. The van der Waals surface area contributed by atoms with Gasteiger partial charge in [-0.3, -0.25) is 14.4 Å². The van der Waals surface area contributed by atoms with Crippen molar-refractivity contribution in [1.29, 1.82) is 0 Å². The summed E-state index contributed by atoms with van der Waals surface area (Å²) in [7, 11) is 0. The van der Waals surface area contributed by atoms with Crippen molar-refractivity contribution in [2.45, 2.75) is 86.5 Å². The largest absolute Gasteiger partial charge is 0.300 e. The average Bonchev–Trinajstić information content (AvgIpc) is 2.74. The molecule has 3 atom stereocenters. The highest BCUT2D eigenvalue weighted by atomic mass is 16.1. The first-order valence-corrected chi connectivity index (χ1v) is 12.8. The molecule has 0 radical (unpaired) electrons. The lowest BCUT2D eigenvalue weighted by Gasteiger charge is -2.31. The lowest BCUT2D eigenvalue weighted by Crippen LogP contribution is -2.29. The topological polar surface area (TPSA) is 51.2 Å². The van der Waals surface area contributed by atoms with Crippen molar-refractivity contribution in [2.75, 3.05) is 0 Å². The van der Waals surface area contributed by atoms with Crippen LogP contribution in [-0.4, -0.2) is 17.3 Å². The van der Waals surface area contributed by atoms with Gasteiger partial charge in [-0.25, -0.2) is 0 Å². The van der Waals surface area contributed by atoms with Crippen LogP contribution in [0.5, 0.6) is 0 Å². The van der Waals surface area contributed by atoms with E-state index in [1.54, 1.807) is 0 Å². The summed E-state index contributed by atoms with van der Waals surface area (Å²) in [5, 5.41) is 0. The van der Waals surface area contributed by atoms with Gasteiger partial charge in [-0.15, -0.1) is 0 Å². The molecule has 0 fully saturated rings. The summed E-state index contributed by atoms with van der Waals surface area (Å²) in [5.74, 6) is 0.770. The fourth-order valence-corrected chi connectivity index (χ4v) is 5.50. The molecule has 1 aliphatic rings. The van der Waals surface area contributed by atoms with E-state index in [9.17, 15) is 14.4 Å². The Hall–Kier alpha value is -2.55. The Balaban J connectivity index is 0.000000430. The van der Waals surface area contributed by atoms with Gasteiger partial charge in [0.15, 0.2) is 5.78 Å². The molecule has 0 bridgehead atoms. The molecule has 3 rings (SSSR count). The van der Waals surface area contributed by atoms with E-state index in [-0.39, 0.29) is 35.6 Å². The summed E-state index contributed by atoms with van der Waals surface area (Å²) in [4.78, 5) is 36.6. The van der Waals surface area contributed by atoms with Crippen molar-refractivity contribution >= 4 is 17.3 Å².